The molecule has 0 fully saturated rings. The molecule has 3 heterocycles. The summed E-state index contributed by atoms with van der Waals surface area (Å²) < 4.78 is 63.4. The van der Waals surface area contributed by atoms with E-state index in [1.54, 1.807) is 0 Å². The minimum Gasteiger partial charge on any atom is -0.311 e. The Morgan fingerprint density at radius 2 is 0.632 bits per heavy atom. The summed E-state index contributed by atoms with van der Waals surface area (Å²) in [6.45, 7) is 18.4. The molecule has 1 aromatic heterocycles. The van der Waals surface area contributed by atoms with Crippen molar-refractivity contribution in [3.05, 3.63) is 407 Å². The number of rotatable bonds is 6. The van der Waals surface area contributed by atoms with Crippen LogP contribution in [0.1, 0.15) is 132 Å². The third-order valence-corrected chi connectivity index (χ3v) is 26.0. The van der Waals surface area contributed by atoms with Crippen molar-refractivity contribution < 1.29 is 8.22 Å². The minimum atomic E-state index is -0.739. The van der Waals surface area contributed by atoms with Gasteiger partial charge in [0.1, 0.15) is 0 Å². The summed E-state index contributed by atoms with van der Waals surface area (Å²) in [6.07, 6.45) is 0. The molecule has 0 atom stereocenters. The summed E-state index contributed by atoms with van der Waals surface area (Å²) in [5.41, 5.74) is 35.5. The number of para-hydroxylation sites is 2. The molecular weight excluding hydrogens is 1370 g/mol. The second-order valence-electron chi connectivity index (χ2n) is 35.3. The average Bonchev–Trinajstić information content (AvgIpc) is 1.47. The molecule has 3 nitrogen and oxygen atoms in total. The Labute approximate surface area is 677 Å². The van der Waals surface area contributed by atoms with Crippen LogP contribution in [0, 0.1) is 0 Å². The first kappa shape index (κ1) is 60.7. The van der Waals surface area contributed by atoms with Crippen molar-refractivity contribution in [1.82, 2.24) is 4.57 Å². The molecule has 23 rings (SSSR count). The van der Waals surface area contributed by atoms with E-state index < -0.39 is 33.8 Å². The molecule has 0 unspecified atom stereocenters. The van der Waals surface area contributed by atoms with Gasteiger partial charge in [-0.2, -0.15) is 0 Å². The molecule has 0 N–H and O–H groups in total. The number of hydrogen-bond acceptors (Lipinski definition) is 2. The third-order valence-electron chi connectivity index (χ3n) is 26.0. The molecule has 2 aliphatic heterocycles. The van der Waals surface area contributed by atoms with E-state index in [0.29, 0.717) is 27.6 Å². The molecule has 17 aromatic rings. The van der Waals surface area contributed by atoms with Crippen LogP contribution in [0.2, 0.25) is 0 Å². The lowest BCUT2D eigenvalue weighted by molar-refractivity contribution is 0.590. The molecule has 2 spiro atoms. The van der Waals surface area contributed by atoms with Crippen LogP contribution in [0.4, 0.5) is 34.1 Å². The van der Waals surface area contributed by atoms with Gasteiger partial charge in [0.25, 0.3) is 6.71 Å². The standard InChI is InChI=1S/C110H84BN3/c1-106(2,3)71-50-57-99-85(62-71)86-63-72(107(4,5)6)51-58-100(86)112(99)74-52-55-95-102(66-74)114(98-46-28-20-32-76(98)70-48-54-84-82-38-18-26-44-92(82)110(94(84)60-70)89-41-23-15-35-79(89)80-36-16-24-42-90(80)110)104-65-73(108(7,8)9)64-103-105(104)111(95)96-61-68(67-29-11-10-12-30-67)49-56-101(96)113(103)97-45-27-19-31-75(97)69-47-53-83-81-37-17-25-43-91(81)109(93(83)59-69)87-39-21-13-33-77(87)78-34-14-22-40-88(78)109/h10-66H,1-9H3/i50D,51D,57D,58D,62D,63D. The molecule has 114 heavy (non-hydrogen) atoms. The number of anilines is 6. The Bertz CT molecular complexity index is 7200. The molecule has 4 heteroatoms. The quantitative estimate of drug-likeness (QED) is 0.154. The van der Waals surface area contributed by atoms with Gasteiger partial charge >= 0.3 is 0 Å². The van der Waals surface area contributed by atoms with Crippen molar-refractivity contribution >= 4 is 79.0 Å². The molecule has 0 amide bonds. The van der Waals surface area contributed by atoms with Crippen LogP contribution in [0.3, 0.4) is 0 Å². The lowest BCUT2D eigenvalue weighted by Gasteiger charge is -2.46. The second kappa shape index (κ2) is 23.8. The number of hydrogen-bond donors (Lipinski definition) is 0. The van der Waals surface area contributed by atoms with Crippen molar-refractivity contribution in [3.63, 3.8) is 0 Å². The number of aromatic nitrogens is 1. The Morgan fingerprint density at radius 3 is 1.05 bits per heavy atom. The first-order chi connectivity index (χ1) is 58.0. The van der Waals surface area contributed by atoms with Gasteiger partial charge in [0, 0.05) is 50.3 Å². The highest BCUT2D eigenvalue weighted by Crippen LogP contribution is 2.66. The van der Waals surface area contributed by atoms with Crippen LogP contribution in [0.5, 0.6) is 0 Å². The first-order valence-electron chi connectivity index (χ1n) is 43.3. The maximum absolute atomic E-state index is 10.4. The monoisotopic (exact) mass is 1460 g/mol. The zero-order valence-corrected chi connectivity index (χ0v) is 65.4. The highest BCUT2D eigenvalue weighted by atomic mass is 15.2. The second-order valence-corrected chi connectivity index (χ2v) is 35.3. The predicted molar refractivity (Wildman–Crippen MR) is 480 cm³/mol. The Hall–Kier alpha value is -13.0. The fourth-order valence-electron chi connectivity index (χ4n) is 20.9. The molecule has 6 aliphatic rings. The van der Waals surface area contributed by atoms with Gasteiger partial charge in [-0.25, -0.2) is 0 Å². The van der Waals surface area contributed by atoms with Crippen LogP contribution < -0.4 is 26.2 Å². The van der Waals surface area contributed by atoms with Gasteiger partial charge in [-0.3, -0.25) is 0 Å². The summed E-state index contributed by atoms with van der Waals surface area (Å²) in [7, 11) is 0. The largest absolute Gasteiger partial charge is 0.311 e. The zero-order chi connectivity index (χ0) is 81.9. The van der Waals surface area contributed by atoms with Gasteiger partial charge in [0.2, 0.25) is 0 Å². The molecule has 0 bridgehead atoms. The van der Waals surface area contributed by atoms with Crippen molar-refractivity contribution in [1.29, 1.82) is 0 Å². The lowest BCUT2D eigenvalue weighted by Crippen LogP contribution is -2.61. The van der Waals surface area contributed by atoms with E-state index in [0.717, 1.165) is 89.5 Å². The molecule has 0 saturated heterocycles. The Balaban J connectivity index is 0.820. The van der Waals surface area contributed by atoms with Crippen molar-refractivity contribution in [2.75, 3.05) is 9.80 Å². The van der Waals surface area contributed by atoms with Crippen molar-refractivity contribution in [2.24, 2.45) is 0 Å². The van der Waals surface area contributed by atoms with E-state index in [2.05, 4.69) is 340 Å². The van der Waals surface area contributed by atoms with Gasteiger partial charge in [0.05, 0.1) is 41.5 Å². The molecule has 542 valence electrons. The van der Waals surface area contributed by atoms with Crippen molar-refractivity contribution in [3.8, 4) is 83.6 Å². The summed E-state index contributed by atoms with van der Waals surface area (Å²) in [4.78, 5) is 5.08. The molecule has 0 radical (unpaired) electrons. The highest BCUT2D eigenvalue weighted by Gasteiger charge is 2.54. The van der Waals surface area contributed by atoms with Crippen LogP contribution in [-0.2, 0) is 27.1 Å². The number of nitrogens with zero attached hydrogens (tertiary/aromatic N) is 3. The smallest absolute Gasteiger partial charge is 0.252 e. The van der Waals surface area contributed by atoms with Gasteiger partial charge in [-0.1, -0.05) is 329 Å². The molecule has 0 saturated carbocycles. The zero-order valence-electron chi connectivity index (χ0n) is 71.4. The maximum atomic E-state index is 10.4. The number of fused-ring (bicyclic) bond motifs is 27. The van der Waals surface area contributed by atoms with E-state index >= 15 is 0 Å². The summed E-state index contributed by atoms with van der Waals surface area (Å²) in [6, 6.07) is 116. The van der Waals surface area contributed by atoms with Crippen LogP contribution >= 0.6 is 0 Å². The third kappa shape index (κ3) is 9.11. The summed E-state index contributed by atoms with van der Waals surface area (Å²) >= 11 is 0. The van der Waals surface area contributed by atoms with E-state index in [1.807, 2.05) is 46.1 Å². The SMILES string of the molecule is [2H]c1c(C(C)(C)C)c([2H])c2c3c([2H])c(C(C)(C)C)c([2H])c([2H])c3n(-c3ccc4c(c3)N(c3ccccc3-c3ccc5c(c3)C3(c6ccccc6-c6ccccc63)c3ccccc3-5)c3cc(C(C)(C)C)cc5c3B4c3cc(-c4ccccc4)ccc3N5c3ccccc3-c3ccc4c(c3)C3(c5ccccc5-c5ccccc53)c3ccccc3-4)c2c1[2H]. The number of benzene rings is 16. The normalized spacial score (nSPS) is 15.2. The minimum absolute atomic E-state index is 0.0522. The van der Waals surface area contributed by atoms with Crippen LogP contribution in [-0.4, -0.2) is 11.3 Å². The van der Waals surface area contributed by atoms with Gasteiger partial charge in [-0.15, -0.1) is 0 Å². The highest BCUT2D eigenvalue weighted by molar-refractivity contribution is 7.00. The molecule has 4 aliphatic carbocycles. The fraction of sp³-hybridized carbons (Fsp3) is 0.127. The van der Waals surface area contributed by atoms with E-state index in [-0.39, 0.29) is 47.3 Å². The van der Waals surface area contributed by atoms with E-state index in [9.17, 15) is 8.22 Å². The summed E-state index contributed by atoms with van der Waals surface area (Å²) in [5.74, 6) is 0. The average molecular weight is 1460 g/mol. The topological polar surface area (TPSA) is 11.4 Å². The molecule has 16 aromatic carbocycles. The molecular formula is C110H84BN3. The van der Waals surface area contributed by atoms with Crippen LogP contribution in [0.15, 0.2) is 346 Å². The fourth-order valence-corrected chi connectivity index (χ4v) is 20.9. The Morgan fingerprint density at radius 1 is 0.263 bits per heavy atom. The van der Waals surface area contributed by atoms with Gasteiger partial charge < -0.3 is 14.4 Å². The predicted octanol–water partition coefficient (Wildman–Crippen LogP) is 26.4. The van der Waals surface area contributed by atoms with Gasteiger partial charge in [-0.05, 0) is 239 Å². The van der Waals surface area contributed by atoms with E-state index in [1.165, 1.54) is 89.0 Å². The van der Waals surface area contributed by atoms with E-state index in [4.69, 9.17) is 0 Å². The van der Waals surface area contributed by atoms with Crippen molar-refractivity contribution in [2.45, 2.75) is 89.4 Å². The maximum Gasteiger partial charge on any atom is 0.252 e. The lowest BCUT2D eigenvalue weighted by atomic mass is 9.33. The van der Waals surface area contributed by atoms with Gasteiger partial charge in [0.15, 0.2) is 0 Å². The Kier molecular flexibility index (Phi) is 12.7. The summed E-state index contributed by atoms with van der Waals surface area (Å²) in [5, 5.41) is 0.671. The van der Waals surface area contributed by atoms with Crippen LogP contribution in [0.25, 0.3) is 105 Å². The first-order valence-corrected chi connectivity index (χ1v) is 40.3.